The number of hydrogen-bond donors (Lipinski definition) is 4. The maximum Gasteiger partial charge on any atom is 0.200 e. The van der Waals surface area contributed by atoms with Crippen LogP contribution in [0.3, 0.4) is 0 Å². The molecule has 0 spiro atoms. The molecule has 10 nitrogen and oxygen atoms in total. The van der Waals surface area contributed by atoms with Gasteiger partial charge in [0.25, 0.3) is 0 Å². The zero-order valence-corrected chi connectivity index (χ0v) is 30.5. The Balaban J connectivity index is 0.977. The topological polar surface area (TPSA) is 142 Å². The van der Waals surface area contributed by atoms with Crippen molar-refractivity contribution < 1.29 is 29.3 Å². The van der Waals surface area contributed by atoms with Gasteiger partial charge in [0.2, 0.25) is 11.6 Å². The average Bonchev–Trinajstić information content (AvgIpc) is 3.23. The van der Waals surface area contributed by atoms with E-state index < -0.39 is 11.6 Å². The summed E-state index contributed by atoms with van der Waals surface area (Å²) < 4.78 is 11.7. The summed E-state index contributed by atoms with van der Waals surface area (Å²) in [5.41, 5.74) is 4.61. The summed E-state index contributed by atoms with van der Waals surface area (Å²) in [4.78, 5) is 36.9. The third-order valence-corrected chi connectivity index (χ3v) is 9.13. The van der Waals surface area contributed by atoms with Gasteiger partial charge in [-0.1, -0.05) is 60.7 Å². The number of hydrogen-bond acceptors (Lipinski definition) is 10. The number of ether oxygens (including phenoxy) is 2. The van der Waals surface area contributed by atoms with E-state index in [0.29, 0.717) is 50.8 Å². The number of fused-ring (bicyclic) bond motifs is 2. The van der Waals surface area contributed by atoms with Gasteiger partial charge in [-0.2, -0.15) is 0 Å². The van der Waals surface area contributed by atoms with Crippen LogP contribution >= 0.6 is 0 Å². The van der Waals surface area contributed by atoms with E-state index >= 15 is 0 Å². The Kier molecular flexibility index (Phi) is 11.8. The summed E-state index contributed by atoms with van der Waals surface area (Å²) in [6.45, 7) is 2.46. The zero-order chi connectivity index (χ0) is 38.7. The van der Waals surface area contributed by atoms with Crippen molar-refractivity contribution >= 4 is 35.4 Å². The molecular formula is C46H40N4O6. The lowest BCUT2D eigenvalue weighted by atomic mass is 9.81. The molecule has 0 heterocycles. The Morgan fingerprint density at radius 3 is 1.27 bits per heavy atom. The maximum absolute atomic E-state index is 13.9. The van der Waals surface area contributed by atoms with Crippen molar-refractivity contribution in [3.63, 3.8) is 0 Å². The molecule has 0 atom stereocenters. The fourth-order valence-electron chi connectivity index (χ4n) is 6.29. The van der Waals surface area contributed by atoms with Crippen LogP contribution in [0.15, 0.2) is 143 Å². The summed E-state index contributed by atoms with van der Waals surface area (Å²) in [5.74, 6) is -0.372. The van der Waals surface area contributed by atoms with E-state index in [4.69, 9.17) is 9.47 Å². The molecular weight excluding hydrogens is 705 g/mol. The lowest BCUT2D eigenvalue weighted by Gasteiger charge is -2.24. The highest BCUT2D eigenvalue weighted by atomic mass is 16.5. The van der Waals surface area contributed by atoms with Crippen LogP contribution in [0.1, 0.15) is 54.1 Å². The number of nitrogens with one attached hydrogen (secondary N) is 2. The molecule has 0 saturated heterocycles. The highest BCUT2D eigenvalue weighted by molar-refractivity contribution is 6.33. The summed E-state index contributed by atoms with van der Waals surface area (Å²) in [6.07, 6.45) is 3.52. The van der Waals surface area contributed by atoms with Gasteiger partial charge in [0.05, 0.1) is 35.3 Å². The highest BCUT2D eigenvalue weighted by Gasteiger charge is 2.37. The number of anilines is 2. The molecule has 0 radical (unpaired) electrons. The summed E-state index contributed by atoms with van der Waals surface area (Å²) in [5, 5.41) is 27.7. The Morgan fingerprint density at radius 1 is 0.482 bits per heavy atom. The smallest absolute Gasteiger partial charge is 0.200 e. The molecule has 6 aromatic rings. The van der Waals surface area contributed by atoms with E-state index in [0.717, 1.165) is 33.8 Å². The van der Waals surface area contributed by atoms with Crippen LogP contribution in [0.25, 0.3) is 0 Å². The van der Waals surface area contributed by atoms with E-state index in [2.05, 4.69) is 20.6 Å². The fourth-order valence-corrected chi connectivity index (χ4v) is 6.29. The molecule has 10 heteroatoms. The molecule has 0 saturated carbocycles. The SMILES string of the molecule is O=C1c2c(O)ccc(O)c2C(=O)c2c(NCC/N=C/c3ccc(OCc4ccccc4)cc3)ccc(NCC/N=C/c3ccc(OCc4ccccc4)cc3)c21. The Morgan fingerprint density at radius 2 is 0.875 bits per heavy atom. The van der Waals surface area contributed by atoms with Crippen molar-refractivity contribution in [2.75, 3.05) is 36.8 Å². The van der Waals surface area contributed by atoms with Crippen LogP contribution in [0, 0.1) is 0 Å². The van der Waals surface area contributed by atoms with E-state index in [9.17, 15) is 19.8 Å². The van der Waals surface area contributed by atoms with Gasteiger partial charge in [-0.15, -0.1) is 0 Å². The van der Waals surface area contributed by atoms with Crippen molar-refractivity contribution in [3.05, 3.63) is 178 Å². The third kappa shape index (κ3) is 8.94. The van der Waals surface area contributed by atoms with E-state index in [1.807, 2.05) is 109 Å². The molecule has 0 amide bonds. The van der Waals surface area contributed by atoms with Crippen molar-refractivity contribution in [2.24, 2.45) is 9.98 Å². The largest absolute Gasteiger partial charge is 0.507 e. The predicted octanol–water partition coefficient (Wildman–Crippen LogP) is 8.09. The molecule has 0 aliphatic heterocycles. The monoisotopic (exact) mass is 744 g/mol. The van der Waals surface area contributed by atoms with Crippen LogP contribution in [-0.2, 0) is 13.2 Å². The lowest BCUT2D eigenvalue weighted by Crippen LogP contribution is -2.25. The number of rotatable bonds is 16. The summed E-state index contributed by atoms with van der Waals surface area (Å²) >= 11 is 0. The Bertz CT molecular complexity index is 2190. The van der Waals surface area contributed by atoms with Gasteiger partial charge >= 0.3 is 0 Å². The van der Waals surface area contributed by atoms with Crippen molar-refractivity contribution in [2.45, 2.75) is 13.2 Å². The Labute approximate surface area is 324 Å². The third-order valence-electron chi connectivity index (χ3n) is 9.13. The van der Waals surface area contributed by atoms with Gasteiger partial charge in [0.15, 0.2) is 0 Å². The summed E-state index contributed by atoms with van der Waals surface area (Å²) in [6, 6.07) is 41.1. The van der Waals surface area contributed by atoms with Gasteiger partial charge in [-0.25, -0.2) is 0 Å². The summed E-state index contributed by atoms with van der Waals surface area (Å²) in [7, 11) is 0. The number of carbonyl (C=O) groups excluding carboxylic acids is 2. The van der Waals surface area contributed by atoms with Gasteiger partial charge in [-0.3, -0.25) is 19.6 Å². The number of aliphatic imine (C=N–C) groups is 2. The second-order valence-corrected chi connectivity index (χ2v) is 13.0. The van der Waals surface area contributed by atoms with Crippen LogP contribution in [0.2, 0.25) is 0 Å². The van der Waals surface area contributed by atoms with Gasteiger partial charge in [0, 0.05) is 36.9 Å². The standard InChI is InChI=1S/C46H40N4O6/c51-39-21-22-40(52)44-43(39)45(53)41-37(49-25-23-47-27-31-11-15-35(16-12-31)55-29-33-7-3-1-4-8-33)19-20-38(42(41)46(44)54)50-26-24-48-28-32-13-17-36(18-14-32)56-30-34-9-5-2-6-10-34/h1-22,27-28,49-52H,23-26,29-30H2/b47-27+,48-28+. The molecule has 56 heavy (non-hydrogen) atoms. The number of aromatic hydroxyl groups is 2. The number of phenolic OH excluding ortho intramolecular Hbond substituents is 2. The van der Waals surface area contributed by atoms with Crippen LogP contribution in [-0.4, -0.2) is 60.4 Å². The van der Waals surface area contributed by atoms with Crippen LogP contribution < -0.4 is 20.1 Å². The minimum atomic E-state index is -0.568. The molecule has 0 bridgehead atoms. The second-order valence-electron chi connectivity index (χ2n) is 13.0. The average molecular weight is 745 g/mol. The minimum Gasteiger partial charge on any atom is -0.507 e. The highest BCUT2D eigenvalue weighted by Crippen LogP contribution is 2.42. The first-order valence-corrected chi connectivity index (χ1v) is 18.3. The van der Waals surface area contributed by atoms with Crippen molar-refractivity contribution in [1.82, 2.24) is 0 Å². The fraction of sp³-hybridized carbons (Fsp3) is 0.130. The van der Waals surface area contributed by atoms with Gasteiger partial charge in [-0.05, 0) is 95.1 Å². The first-order valence-electron chi connectivity index (χ1n) is 18.3. The molecule has 7 rings (SSSR count). The minimum absolute atomic E-state index is 0.113. The zero-order valence-electron chi connectivity index (χ0n) is 30.5. The molecule has 0 aromatic heterocycles. The van der Waals surface area contributed by atoms with Crippen molar-refractivity contribution in [1.29, 1.82) is 0 Å². The first kappa shape index (κ1) is 37.1. The molecule has 0 unspecified atom stereocenters. The number of ketones is 2. The molecule has 4 N–H and O–H groups in total. The molecule has 1 aliphatic carbocycles. The van der Waals surface area contributed by atoms with Gasteiger partial charge in [0.1, 0.15) is 36.2 Å². The van der Waals surface area contributed by atoms with Gasteiger partial charge < -0.3 is 30.3 Å². The number of phenols is 2. The van der Waals surface area contributed by atoms with E-state index in [1.54, 1.807) is 24.6 Å². The normalized spacial score (nSPS) is 12.1. The second kappa shape index (κ2) is 17.7. The van der Waals surface area contributed by atoms with Crippen LogP contribution in [0.5, 0.6) is 23.0 Å². The predicted molar refractivity (Wildman–Crippen MR) is 219 cm³/mol. The molecule has 0 fully saturated rings. The lowest BCUT2D eigenvalue weighted by molar-refractivity contribution is 0.0975. The van der Waals surface area contributed by atoms with E-state index in [1.165, 1.54) is 12.1 Å². The van der Waals surface area contributed by atoms with Crippen molar-refractivity contribution in [3.8, 4) is 23.0 Å². The Hall–Kier alpha value is -7.20. The number of nitrogens with zero attached hydrogens (tertiary/aromatic N) is 2. The maximum atomic E-state index is 13.9. The first-order chi connectivity index (χ1) is 27.4. The number of benzene rings is 6. The molecule has 6 aromatic carbocycles. The molecule has 280 valence electrons. The van der Waals surface area contributed by atoms with E-state index in [-0.39, 0.29) is 33.8 Å². The number of carbonyl (C=O) groups is 2. The van der Waals surface area contributed by atoms with Crippen LogP contribution in [0.4, 0.5) is 11.4 Å². The quantitative estimate of drug-likeness (QED) is 0.0442. The molecule has 1 aliphatic rings.